The smallest absolute Gasteiger partial charge is 0.259 e. The Morgan fingerprint density at radius 3 is 2.63 bits per heavy atom. The van der Waals surface area contributed by atoms with E-state index in [0.717, 1.165) is 6.20 Å². The quantitative estimate of drug-likeness (QED) is 0.302. The molecule has 1 unspecified atom stereocenters. The number of benzene rings is 1. The monoisotopic (exact) mass is 765 g/mol. The third kappa shape index (κ3) is 7.37. The number of nitrogens with one attached hydrogen (secondary N) is 3. The van der Waals surface area contributed by atoms with Crippen LogP contribution in [0.2, 0.25) is 0 Å². The third-order valence-electron chi connectivity index (χ3n) is 10.8. The second kappa shape index (κ2) is 14.3. The van der Waals surface area contributed by atoms with Gasteiger partial charge in [-0.2, -0.15) is 0 Å². The van der Waals surface area contributed by atoms with Gasteiger partial charge < -0.3 is 20.3 Å². The standard InChI is InChI=1S/C37H41F2N7O7S/c1-21-33(43-29-16-23(38)10-11-27(29)41-21)53-24-17-30-32(48)44-37(35(50)45-54(51,52)36(2)13-14-36)18-22(37)8-6-4-3-5-7-9-28(34(49)46(30)20-24)42-31(47)25-12-15-40-19-26(25)39/h6,8,10-12,15-16,19,22,24,28,30H,3-5,7,9,13-14,17-18,20H2,1-2H3,(H,42,47)(H,44,48)(H,45,50)/b8-6-/t22?,24-,28+,30+,37-/m1/s1. The molecule has 17 heteroatoms. The van der Waals surface area contributed by atoms with Crippen molar-refractivity contribution in [2.24, 2.45) is 5.92 Å². The van der Waals surface area contributed by atoms with Crippen LogP contribution in [0.1, 0.15) is 80.8 Å². The molecule has 3 fully saturated rings. The molecule has 0 bridgehead atoms. The molecule has 2 saturated carbocycles. The fraction of sp³-hybridized carbons (Fsp3) is 0.486. The van der Waals surface area contributed by atoms with Gasteiger partial charge in [0.05, 0.1) is 34.1 Å². The molecule has 4 heterocycles. The summed E-state index contributed by atoms with van der Waals surface area (Å²) in [4.78, 5) is 69.7. The minimum atomic E-state index is -4.03. The van der Waals surface area contributed by atoms with Crippen LogP contribution in [0, 0.1) is 24.5 Å². The van der Waals surface area contributed by atoms with Crippen LogP contribution in [0.15, 0.2) is 48.8 Å². The highest BCUT2D eigenvalue weighted by Crippen LogP contribution is 2.47. The van der Waals surface area contributed by atoms with Crippen molar-refractivity contribution in [3.63, 3.8) is 0 Å². The second-order valence-electron chi connectivity index (χ2n) is 14.8. The lowest BCUT2D eigenvalue weighted by Crippen LogP contribution is -2.58. The van der Waals surface area contributed by atoms with E-state index in [2.05, 4.69) is 30.3 Å². The van der Waals surface area contributed by atoms with Gasteiger partial charge in [0.15, 0.2) is 5.82 Å². The third-order valence-corrected chi connectivity index (χ3v) is 13.0. The zero-order valence-electron chi connectivity index (χ0n) is 29.8. The SMILES string of the molecule is Cc1nc2ccc(F)cc2nc1O[C@@H]1C[C@H]2C(=O)N[C@]3(C(=O)NS(=O)(=O)C4(C)CC4)CC3/C=C\CCCCC[C@H](NC(=O)c3ccncc3F)C(=O)N2C1. The second-order valence-corrected chi connectivity index (χ2v) is 17.0. The number of fused-ring (bicyclic) bond motifs is 3. The number of amides is 4. The molecule has 0 spiro atoms. The molecule has 1 aromatic carbocycles. The van der Waals surface area contributed by atoms with Crippen molar-refractivity contribution in [1.29, 1.82) is 0 Å². The summed E-state index contributed by atoms with van der Waals surface area (Å²) in [7, 11) is -4.03. The van der Waals surface area contributed by atoms with Gasteiger partial charge in [0.1, 0.15) is 35.2 Å². The lowest BCUT2D eigenvalue weighted by Gasteiger charge is -2.30. The molecular weight excluding hydrogens is 725 g/mol. The Labute approximate surface area is 310 Å². The van der Waals surface area contributed by atoms with Crippen molar-refractivity contribution in [3.8, 4) is 5.88 Å². The number of aromatic nitrogens is 3. The van der Waals surface area contributed by atoms with Crippen LogP contribution in [0.3, 0.4) is 0 Å². The van der Waals surface area contributed by atoms with Crippen LogP contribution in [0.25, 0.3) is 11.0 Å². The van der Waals surface area contributed by atoms with Crippen molar-refractivity contribution in [2.75, 3.05) is 6.54 Å². The first-order chi connectivity index (χ1) is 25.7. The van der Waals surface area contributed by atoms with Crippen molar-refractivity contribution in [3.05, 3.63) is 71.7 Å². The maximum atomic E-state index is 14.6. The van der Waals surface area contributed by atoms with E-state index in [9.17, 15) is 36.4 Å². The van der Waals surface area contributed by atoms with Gasteiger partial charge in [-0.15, -0.1) is 0 Å². The molecule has 2 aromatic heterocycles. The number of halogens is 2. The maximum Gasteiger partial charge on any atom is 0.259 e. The largest absolute Gasteiger partial charge is 0.471 e. The number of nitrogens with zero attached hydrogens (tertiary/aromatic N) is 4. The van der Waals surface area contributed by atoms with E-state index in [1.807, 2.05) is 12.2 Å². The zero-order valence-corrected chi connectivity index (χ0v) is 30.6. The number of carbonyl (C=O) groups excluding carboxylic acids is 4. The summed E-state index contributed by atoms with van der Waals surface area (Å²) in [5.41, 5.74) is -0.836. The molecule has 286 valence electrons. The van der Waals surface area contributed by atoms with Crippen LogP contribution in [0.4, 0.5) is 8.78 Å². The number of ether oxygens (including phenoxy) is 1. The molecule has 0 radical (unpaired) electrons. The Hall–Kier alpha value is -5.06. The van der Waals surface area contributed by atoms with Gasteiger partial charge in [-0.3, -0.25) is 28.9 Å². The van der Waals surface area contributed by atoms with E-state index >= 15 is 0 Å². The molecule has 14 nitrogen and oxygen atoms in total. The Morgan fingerprint density at radius 1 is 1.07 bits per heavy atom. The molecule has 2 aliphatic carbocycles. The normalized spacial score (nSPS) is 27.4. The average Bonchev–Trinajstić information content (AvgIpc) is 4.01. The molecule has 4 aliphatic rings. The van der Waals surface area contributed by atoms with Crippen LogP contribution in [-0.4, -0.2) is 86.9 Å². The summed E-state index contributed by atoms with van der Waals surface area (Å²) < 4.78 is 62.2. The minimum absolute atomic E-state index is 0.0636. The van der Waals surface area contributed by atoms with Gasteiger partial charge in [0.2, 0.25) is 27.7 Å². The number of rotatable bonds is 7. The predicted octanol–water partition coefficient (Wildman–Crippen LogP) is 3.15. The molecule has 1 saturated heterocycles. The summed E-state index contributed by atoms with van der Waals surface area (Å²) in [6.07, 6.45) is 8.60. The lowest BCUT2D eigenvalue weighted by molar-refractivity contribution is -0.141. The molecule has 5 atom stereocenters. The highest BCUT2D eigenvalue weighted by molar-refractivity contribution is 7.91. The van der Waals surface area contributed by atoms with E-state index in [-0.39, 0.29) is 42.8 Å². The Balaban J connectivity index is 1.20. The first-order valence-corrected chi connectivity index (χ1v) is 19.5. The summed E-state index contributed by atoms with van der Waals surface area (Å²) in [5.74, 6) is -4.87. The summed E-state index contributed by atoms with van der Waals surface area (Å²) >= 11 is 0. The highest BCUT2D eigenvalue weighted by atomic mass is 32.2. The Bertz CT molecular complexity index is 2160. The Morgan fingerprint density at radius 2 is 1.87 bits per heavy atom. The van der Waals surface area contributed by atoms with Crippen LogP contribution in [-0.2, 0) is 24.4 Å². The van der Waals surface area contributed by atoms with Crippen LogP contribution >= 0.6 is 0 Å². The van der Waals surface area contributed by atoms with Gasteiger partial charge in [-0.25, -0.2) is 27.2 Å². The highest BCUT2D eigenvalue weighted by Gasteiger charge is 2.63. The molecule has 3 N–H and O–H groups in total. The van der Waals surface area contributed by atoms with Gasteiger partial charge in [-0.05, 0) is 70.6 Å². The lowest BCUT2D eigenvalue weighted by atomic mass is 10.0. The molecule has 54 heavy (non-hydrogen) atoms. The first kappa shape index (κ1) is 37.3. The fourth-order valence-electron chi connectivity index (χ4n) is 7.11. The van der Waals surface area contributed by atoms with Gasteiger partial charge in [0.25, 0.3) is 11.8 Å². The van der Waals surface area contributed by atoms with Gasteiger partial charge in [-0.1, -0.05) is 25.0 Å². The molecular formula is C37H41F2N7O7S. The number of hydrogen-bond acceptors (Lipinski definition) is 10. The summed E-state index contributed by atoms with van der Waals surface area (Å²) in [5, 5.41) is 5.47. The summed E-state index contributed by atoms with van der Waals surface area (Å²) in [6, 6.07) is 2.75. The number of hydrogen-bond donors (Lipinski definition) is 3. The number of allylic oxidation sites excluding steroid dienone is 1. The van der Waals surface area contributed by atoms with E-state index in [4.69, 9.17) is 4.74 Å². The number of carbonyl (C=O) groups is 4. The van der Waals surface area contributed by atoms with E-state index in [1.54, 1.807) is 13.8 Å². The maximum absolute atomic E-state index is 14.6. The minimum Gasteiger partial charge on any atom is -0.471 e. The van der Waals surface area contributed by atoms with Crippen LogP contribution < -0.4 is 20.1 Å². The van der Waals surface area contributed by atoms with E-state index < -0.39 is 79.7 Å². The van der Waals surface area contributed by atoms with E-state index in [0.29, 0.717) is 49.7 Å². The first-order valence-electron chi connectivity index (χ1n) is 18.1. The number of aryl methyl sites for hydroxylation is 1. The Kier molecular flexibility index (Phi) is 9.87. The van der Waals surface area contributed by atoms with Crippen molar-refractivity contribution in [1.82, 2.24) is 35.2 Å². The molecule has 2 aliphatic heterocycles. The van der Waals surface area contributed by atoms with Gasteiger partial charge >= 0.3 is 0 Å². The predicted molar refractivity (Wildman–Crippen MR) is 190 cm³/mol. The topological polar surface area (TPSA) is 190 Å². The van der Waals surface area contributed by atoms with Crippen molar-refractivity contribution >= 4 is 44.7 Å². The average molecular weight is 766 g/mol. The van der Waals surface area contributed by atoms with Crippen molar-refractivity contribution in [2.45, 2.75) is 100 Å². The summed E-state index contributed by atoms with van der Waals surface area (Å²) in [6.45, 7) is 3.06. The zero-order chi connectivity index (χ0) is 38.4. The molecule has 7 rings (SSSR count). The fourth-order valence-corrected chi connectivity index (χ4v) is 8.42. The number of pyridine rings is 1. The van der Waals surface area contributed by atoms with Gasteiger partial charge in [0, 0.05) is 24.6 Å². The number of sulfonamides is 1. The van der Waals surface area contributed by atoms with E-state index in [1.165, 1.54) is 35.4 Å². The molecule has 4 amide bonds. The molecule has 3 aromatic rings. The van der Waals surface area contributed by atoms with Crippen LogP contribution in [0.5, 0.6) is 5.88 Å². The van der Waals surface area contributed by atoms with Crippen molar-refractivity contribution < 1.29 is 41.1 Å².